The number of aromatic nitrogens is 2. The molecule has 0 amide bonds. The number of rotatable bonds is 2. The maximum atomic E-state index is 11.2. The van der Waals surface area contributed by atoms with Gasteiger partial charge in [-0.05, 0) is 50.9 Å². The molecular formula is C17H26N2O2. The third-order valence-corrected chi connectivity index (χ3v) is 4.82. The van der Waals surface area contributed by atoms with Crippen molar-refractivity contribution in [2.75, 3.05) is 0 Å². The van der Waals surface area contributed by atoms with E-state index in [-0.39, 0.29) is 5.56 Å². The highest BCUT2D eigenvalue weighted by Gasteiger charge is 2.31. The van der Waals surface area contributed by atoms with Crippen molar-refractivity contribution in [3.63, 3.8) is 0 Å². The lowest BCUT2D eigenvalue weighted by atomic mass is 9.69. The van der Waals surface area contributed by atoms with Gasteiger partial charge in [-0.1, -0.05) is 20.8 Å². The standard InChI is InChI=1S/C17H26N2O2/c1-10-14(16(20)21)11(2)19-15(18-10)12-6-8-13(9-7-12)17(3,4)5/h12-13H,6-9H2,1-5H3,(H,20,21)/t12-,13-. The molecule has 4 heteroatoms. The quantitative estimate of drug-likeness (QED) is 0.890. The minimum atomic E-state index is -0.937. The highest BCUT2D eigenvalue weighted by atomic mass is 16.4. The number of hydrogen-bond acceptors (Lipinski definition) is 3. The first-order chi connectivity index (χ1) is 9.70. The average molecular weight is 290 g/mol. The van der Waals surface area contributed by atoms with Crippen molar-refractivity contribution in [2.45, 2.75) is 66.2 Å². The van der Waals surface area contributed by atoms with Gasteiger partial charge < -0.3 is 5.11 Å². The fraction of sp³-hybridized carbons (Fsp3) is 0.706. The number of carboxylic acids is 1. The molecule has 1 saturated carbocycles. The van der Waals surface area contributed by atoms with Gasteiger partial charge in [-0.15, -0.1) is 0 Å². The normalized spacial score (nSPS) is 23.1. The molecule has 1 aromatic rings. The second-order valence-corrected chi connectivity index (χ2v) is 7.35. The Labute approximate surface area is 127 Å². The number of hydrogen-bond donors (Lipinski definition) is 1. The van der Waals surface area contributed by atoms with Crippen molar-refractivity contribution in [3.05, 3.63) is 22.8 Å². The van der Waals surface area contributed by atoms with Crippen LogP contribution in [-0.2, 0) is 0 Å². The van der Waals surface area contributed by atoms with E-state index >= 15 is 0 Å². The summed E-state index contributed by atoms with van der Waals surface area (Å²) in [6.45, 7) is 10.5. The summed E-state index contributed by atoms with van der Waals surface area (Å²) < 4.78 is 0. The summed E-state index contributed by atoms with van der Waals surface area (Å²) in [5.74, 6) is 1.04. The first-order valence-corrected chi connectivity index (χ1v) is 7.78. The fourth-order valence-electron chi connectivity index (χ4n) is 3.45. The van der Waals surface area contributed by atoms with Crippen LogP contribution in [0.3, 0.4) is 0 Å². The zero-order chi connectivity index (χ0) is 15.8. The van der Waals surface area contributed by atoms with E-state index in [0.29, 0.717) is 22.7 Å². The molecule has 0 atom stereocenters. The molecule has 116 valence electrons. The van der Waals surface area contributed by atoms with Crippen LogP contribution in [0.4, 0.5) is 0 Å². The van der Waals surface area contributed by atoms with E-state index in [1.165, 1.54) is 12.8 Å². The second-order valence-electron chi connectivity index (χ2n) is 7.35. The van der Waals surface area contributed by atoms with Crippen molar-refractivity contribution >= 4 is 5.97 Å². The molecule has 4 nitrogen and oxygen atoms in total. The van der Waals surface area contributed by atoms with Gasteiger partial charge in [0.1, 0.15) is 11.4 Å². The van der Waals surface area contributed by atoms with Gasteiger partial charge in [0.05, 0.1) is 11.4 Å². The van der Waals surface area contributed by atoms with Crippen molar-refractivity contribution < 1.29 is 9.90 Å². The van der Waals surface area contributed by atoms with Gasteiger partial charge in [0, 0.05) is 5.92 Å². The molecule has 2 rings (SSSR count). The zero-order valence-corrected chi connectivity index (χ0v) is 13.7. The van der Waals surface area contributed by atoms with E-state index in [0.717, 1.165) is 24.6 Å². The van der Waals surface area contributed by atoms with Crippen LogP contribution in [0.1, 0.15) is 79.9 Å². The molecular weight excluding hydrogens is 264 g/mol. The molecule has 0 spiro atoms. The van der Waals surface area contributed by atoms with Crippen molar-refractivity contribution in [1.29, 1.82) is 0 Å². The molecule has 21 heavy (non-hydrogen) atoms. The highest BCUT2D eigenvalue weighted by Crippen LogP contribution is 2.42. The fourth-order valence-corrected chi connectivity index (χ4v) is 3.45. The summed E-state index contributed by atoms with van der Waals surface area (Å²) in [5.41, 5.74) is 1.79. The number of nitrogens with zero attached hydrogens (tertiary/aromatic N) is 2. The summed E-state index contributed by atoms with van der Waals surface area (Å²) in [6, 6.07) is 0. The van der Waals surface area contributed by atoms with Crippen LogP contribution in [-0.4, -0.2) is 21.0 Å². The van der Waals surface area contributed by atoms with Crippen LogP contribution < -0.4 is 0 Å². The van der Waals surface area contributed by atoms with Crippen LogP contribution in [0.2, 0.25) is 0 Å². The first kappa shape index (κ1) is 15.9. The Balaban J connectivity index is 2.16. The predicted molar refractivity (Wildman–Crippen MR) is 82.6 cm³/mol. The molecule has 1 aliphatic carbocycles. The van der Waals surface area contributed by atoms with Crippen molar-refractivity contribution in [3.8, 4) is 0 Å². The first-order valence-electron chi connectivity index (χ1n) is 7.78. The Kier molecular flexibility index (Phi) is 4.35. The smallest absolute Gasteiger partial charge is 0.339 e. The Bertz CT molecular complexity index is 515. The van der Waals surface area contributed by atoms with Gasteiger partial charge in [-0.3, -0.25) is 0 Å². The monoisotopic (exact) mass is 290 g/mol. The van der Waals surface area contributed by atoms with E-state index in [1.54, 1.807) is 13.8 Å². The molecule has 0 aliphatic heterocycles. The van der Waals surface area contributed by atoms with Crippen LogP contribution in [0.15, 0.2) is 0 Å². The van der Waals surface area contributed by atoms with Gasteiger partial charge >= 0.3 is 5.97 Å². The molecule has 0 unspecified atom stereocenters. The second kappa shape index (κ2) is 5.74. The maximum absolute atomic E-state index is 11.2. The summed E-state index contributed by atoms with van der Waals surface area (Å²) in [6.07, 6.45) is 4.62. The summed E-state index contributed by atoms with van der Waals surface area (Å²) in [4.78, 5) is 20.2. The van der Waals surface area contributed by atoms with Gasteiger partial charge in [0.15, 0.2) is 0 Å². The molecule has 0 bridgehead atoms. The van der Waals surface area contributed by atoms with Crippen molar-refractivity contribution in [1.82, 2.24) is 9.97 Å². The van der Waals surface area contributed by atoms with Gasteiger partial charge in [0.2, 0.25) is 0 Å². The molecule has 1 aliphatic rings. The van der Waals surface area contributed by atoms with Gasteiger partial charge in [-0.2, -0.15) is 0 Å². The third kappa shape index (κ3) is 3.42. The minimum absolute atomic E-state index is 0.252. The van der Waals surface area contributed by atoms with E-state index in [9.17, 15) is 9.90 Å². The SMILES string of the molecule is Cc1nc([C@H]2CC[C@H](C(C)(C)C)CC2)nc(C)c1C(=O)O. The summed E-state index contributed by atoms with van der Waals surface area (Å²) in [5, 5.41) is 9.19. The lowest BCUT2D eigenvalue weighted by molar-refractivity contribution is 0.0694. The Hall–Kier alpha value is -1.45. The molecule has 0 aromatic carbocycles. The van der Waals surface area contributed by atoms with Crippen LogP contribution in [0.25, 0.3) is 0 Å². The van der Waals surface area contributed by atoms with E-state index in [2.05, 4.69) is 30.7 Å². The van der Waals surface area contributed by atoms with Crippen LogP contribution in [0, 0.1) is 25.2 Å². The van der Waals surface area contributed by atoms with E-state index in [4.69, 9.17) is 0 Å². The number of carbonyl (C=O) groups is 1. The molecule has 0 saturated heterocycles. The molecule has 1 heterocycles. The van der Waals surface area contributed by atoms with Crippen molar-refractivity contribution in [2.24, 2.45) is 11.3 Å². The third-order valence-electron chi connectivity index (χ3n) is 4.82. The number of aryl methyl sites for hydroxylation is 2. The average Bonchev–Trinajstić information content (AvgIpc) is 2.36. The Morgan fingerprint density at radius 1 is 1.05 bits per heavy atom. The molecule has 0 radical (unpaired) electrons. The lowest BCUT2D eigenvalue weighted by Gasteiger charge is -2.36. The number of carboxylic acid groups (broad SMARTS) is 1. The molecule has 1 fully saturated rings. The maximum Gasteiger partial charge on any atom is 0.339 e. The van der Waals surface area contributed by atoms with Gasteiger partial charge in [0.25, 0.3) is 0 Å². The lowest BCUT2D eigenvalue weighted by Crippen LogP contribution is -2.26. The Morgan fingerprint density at radius 3 is 1.90 bits per heavy atom. The van der Waals surface area contributed by atoms with E-state index < -0.39 is 5.97 Å². The zero-order valence-electron chi connectivity index (χ0n) is 13.7. The van der Waals surface area contributed by atoms with Crippen LogP contribution >= 0.6 is 0 Å². The largest absolute Gasteiger partial charge is 0.478 e. The minimum Gasteiger partial charge on any atom is -0.478 e. The number of aromatic carboxylic acids is 1. The van der Waals surface area contributed by atoms with Gasteiger partial charge in [-0.25, -0.2) is 14.8 Å². The summed E-state index contributed by atoms with van der Waals surface area (Å²) >= 11 is 0. The highest BCUT2D eigenvalue weighted by molar-refractivity contribution is 5.89. The molecule has 1 aromatic heterocycles. The topological polar surface area (TPSA) is 63.1 Å². The Morgan fingerprint density at radius 2 is 1.52 bits per heavy atom. The van der Waals surface area contributed by atoms with E-state index in [1.807, 2.05) is 0 Å². The van der Waals surface area contributed by atoms with Crippen LogP contribution in [0.5, 0.6) is 0 Å². The summed E-state index contributed by atoms with van der Waals surface area (Å²) in [7, 11) is 0. The predicted octanol–water partition coefficient (Wildman–Crippen LogP) is 4.11. The molecule has 1 N–H and O–H groups in total.